The van der Waals surface area contributed by atoms with Crippen molar-refractivity contribution in [3.05, 3.63) is 199 Å². The normalized spacial score (nSPS) is 12.0. The Morgan fingerprint density at radius 3 is 1.14 bits per heavy atom. The van der Waals surface area contributed by atoms with Gasteiger partial charge in [0.1, 0.15) is 31.9 Å². The number of alkyl halides is 2. The van der Waals surface area contributed by atoms with Crippen LogP contribution in [0.3, 0.4) is 0 Å². The molecule has 4 N–H and O–H groups in total. The van der Waals surface area contributed by atoms with Gasteiger partial charge in [0.05, 0.1) is 31.0 Å². The molecule has 13 nitrogen and oxygen atoms in total. The lowest BCUT2D eigenvalue weighted by Crippen LogP contribution is -2.46. The molecule has 4 atom stereocenters. The highest BCUT2D eigenvalue weighted by atomic mass is 35.5. The number of benzene rings is 6. The van der Waals surface area contributed by atoms with E-state index in [1.807, 2.05) is 182 Å². The zero-order chi connectivity index (χ0) is 51.6. The number of esters is 1. The van der Waals surface area contributed by atoms with Crippen LogP contribution in [0.1, 0.15) is 16.7 Å². The van der Waals surface area contributed by atoms with E-state index in [4.69, 9.17) is 42.1 Å². The highest BCUT2D eigenvalue weighted by molar-refractivity contribution is 7.99. The maximum Gasteiger partial charge on any atom is 0.408 e. The summed E-state index contributed by atoms with van der Waals surface area (Å²) in [7, 11) is 1.29. The first kappa shape index (κ1) is 58.4. The summed E-state index contributed by atoms with van der Waals surface area (Å²) < 4.78 is 20.2. The van der Waals surface area contributed by atoms with E-state index < -0.39 is 48.5 Å². The van der Waals surface area contributed by atoms with Crippen molar-refractivity contribution in [3.63, 3.8) is 0 Å². The van der Waals surface area contributed by atoms with Crippen LogP contribution in [0.15, 0.2) is 197 Å². The molecular formula is C54H57Cl2N3O10S3. The van der Waals surface area contributed by atoms with Crippen LogP contribution < -0.4 is 16.0 Å². The number of alkyl carbamates (subject to hydrolysis) is 3. The van der Waals surface area contributed by atoms with Crippen LogP contribution in [-0.4, -0.2) is 95.5 Å². The summed E-state index contributed by atoms with van der Waals surface area (Å²) in [6, 6.07) is 55.2. The van der Waals surface area contributed by atoms with Crippen molar-refractivity contribution < 1.29 is 48.0 Å². The minimum absolute atomic E-state index is 0.0407. The zero-order valence-electron chi connectivity index (χ0n) is 39.4. The molecular weight excluding hydrogens is 1020 g/mol. The molecule has 0 aliphatic heterocycles. The van der Waals surface area contributed by atoms with E-state index >= 15 is 0 Å². The fourth-order valence-electron chi connectivity index (χ4n) is 5.80. The maximum atomic E-state index is 12.0. The molecule has 380 valence electrons. The Balaban J connectivity index is 0.000000234. The summed E-state index contributed by atoms with van der Waals surface area (Å²) in [6.45, 7) is 0.481. The van der Waals surface area contributed by atoms with Gasteiger partial charge in [-0.2, -0.15) is 0 Å². The van der Waals surface area contributed by atoms with Crippen LogP contribution in [0, 0.1) is 0 Å². The second-order valence-corrected chi connectivity index (χ2v) is 18.9. The van der Waals surface area contributed by atoms with Crippen LogP contribution in [0.2, 0.25) is 0 Å². The Kier molecular flexibility index (Phi) is 28.5. The van der Waals surface area contributed by atoms with E-state index in [0.717, 1.165) is 31.4 Å². The molecule has 0 radical (unpaired) electrons. The van der Waals surface area contributed by atoms with Crippen LogP contribution in [0.4, 0.5) is 14.4 Å². The summed E-state index contributed by atoms with van der Waals surface area (Å²) in [6.07, 6.45) is -2.69. The molecule has 0 aliphatic rings. The average molecular weight is 1080 g/mol. The number of hydrogen-bond donors (Lipinski definition) is 4. The fourth-order valence-corrected chi connectivity index (χ4v) is 9.14. The van der Waals surface area contributed by atoms with Gasteiger partial charge in [-0.15, -0.1) is 58.5 Å². The van der Waals surface area contributed by atoms with Gasteiger partial charge in [-0.1, -0.05) is 146 Å². The molecule has 6 rings (SSSR count). The molecule has 0 heterocycles. The van der Waals surface area contributed by atoms with Crippen LogP contribution in [0.5, 0.6) is 0 Å². The third kappa shape index (κ3) is 24.3. The number of Topliss-reactive ketones (excluding diaryl/α,β-unsaturated/α-hetero) is 1. The van der Waals surface area contributed by atoms with Gasteiger partial charge < -0.3 is 40.0 Å². The van der Waals surface area contributed by atoms with E-state index in [-0.39, 0.29) is 37.4 Å². The van der Waals surface area contributed by atoms with Gasteiger partial charge in [0.15, 0.2) is 5.78 Å². The van der Waals surface area contributed by atoms with Crippen LogP contribution in [-0.2, 0) is 48.4 Å². The topological polar surface area (TPSA) is 179 Å². The van der Waals surface area contributed by atoms with E-state index in [9.17, 15) is 29.1 Å². The standard InChI is InChI=1S/C18H20ClNO3S.C18H18ClNO3S.C18H19NO4S/c2*19-11-17(21)16(13-24-15-9-5-2-6-10-15)20-18(22)23-12-14-7-3-1-4-8-14;1-22-17(20)16(13-24-15-10-6-3-7-11-15)19-18(21)23-12-14-8-4-2-5-9-14/h1-10,16-17,21H,11-13H2,(H,20,22);1-10,16H,11-13H2,(H,20,22);2-11,16H,12-13H2,1H3,(H,19,21)/t16-,17+;2*16-/m000/s1. The van der Waals surface area contributed by atoms with Crippen LogP contribution >= 0.6 is 58.5 Å². The van der Waals surface area contributed by atoms with Crippen LogP contribution in [0.25, 0.3) is 0 Å². The molecule has 72 heavy (non-hydrogen) atoms. The number of methoxy groups -OCH3 is 1. The molecule has 6 aromatic rings. The second-order valence-electron chi connectivity index (χ2n) is 15.0. The highest BCUT2D eigenvalue weighted by Crippen LogP contribution is 2.21. The number of aliphatic hydroxyl groups is 1. The second kappa shape index (κ2) is 35.1. The van der Waals surface area contributed by atoms with Crippen molar-refractivity contribution in [2.45, 2.75) is 58.7 Å². The molecule has 0 aliphatic carbocycles. The number of nitrogens with one attached hydrogen (secondary N) is 3. The van der Waals surface area contributed by atoms with Crippen molar-refractivity contribution in [1.29, 1.82) is 0 Å². The molecule has 0 aromatic heterocycles. The zero-order valence-corrected chi connectivity index (χ0v) is 43.4. The fraction of sp³-hybridized carbons (Fsp3) is 0.241. The third-order valence-electron chi connectivity index (χ3n) is 9.65. The number of aliphatic hydroxyl groups excluding tert-OH is 1. The Morgan fingerprint density at radius 1 is 0.472 bits per heavy atom. The molecule has 3 amide bonds. The SMILES string of the molecule is COC(=O)[C@H](CSc1ccccc1)NC(=O)OCc1ccccc1.O=C(N[C@@H](CSc1ccccc1)C(=O)CCl)OCc1ccccc1.O=C(N[C@@H](CSc1ccccc1)[C@H](O)CCl)OCc1ccccc1. The maximum absolute atomic E-state index is 12.0. The van der Waals surface area contributed by atoms with Crippen molar-refractivity contribution in [2.24, 2.45) is 0 Å². The number of carbonyl (C=O) groups is 5. The van der Waals surface area contributed by atoms with Gasteiger partial charge >= 0.3 is 24.2 Å². The summed E-state index contributed by atoms with van der Waals surface area (Å²) >= 11 is 15.8. The molecule has 18 heteroatoms. The number of amides is 3. The lowest BCUT2D eigenvalue weighted by atomic mass is 10.2. The van der Waals surface area contributed by atoms with E-state index in [2.05, 4.69) is 16.0 Å². The van der Waals surface area contributed by atoms with Gasteiger partial charge in [-0.3, -0.25) is 4.79 Å². The summed E-state index contributed by atoms with van der Waals surface area (Å²) in [5.74, 6) is 0.399. The largest absolute Gasteiger partial charge is 0.467 e. The Morgan fingerprint density at radius 2 is 0.792 bits per heavy atom. The van der Waals surface area contributed by atoms with Gasteiger partial charge in [-0.25, -0.2) is 19.2 Å². The Hall–Kier alpha value is -6.14. The quantitative estimate of drug-likeness (QED) is 0.0206. The summed E-state index contributed by atoms with van der Waals surface area (Å²) in [5.41, 5.74) is 2.66. The van der Waals surface area contributed by atoms with Crippen molar-refractivity contribution in [3.8, 4) is 0 Å². The summed E-state index contributed by atoms with van der Waals surface area (Å²) in [5, 5.41) is 17.8. The predicted octanol–water partition coefficient (Wildman–Crippen LogP) is 10.8. The van der Waals surface area contributed by atoms with E-state index in [1.54, 1.807) is 0 Å². The number of carbonyl (C=O) groups excluding carboxylic acids is 5. The third-order valence-corrected chi connectivity index (χ3v) is 13.6. The number of halogens is 2. The van der Waals surface area contributed by atoms with Crippen molar-refractivity contribution in [1.82, 2.24) is 16.0 Å². The molecule has 0 spiro atoms. The molecule has 0 saturated carbocycles. The number of ether oxygens (including phenoxy) is 4. The molecule has 0 bridgehead atoms. The molecule has 0 fully saturated rings. The number of hydrogen-bond acceptors (Lipinski definition) is 13. The van der Waals surface area contributed by atoms with E-state index in [0.29, 0.717) is 17.3 Å². The average Bonchev–Trinajstić information content (AvgIpc) is 3.43. The molecule has 0 saturated heterocycles. The van der Waals surface area contributed by atoms with Gasteiger partial charge in [0.25, 0.3) is 0 Å². The lowest BCUT2D eigenvalue weighted by molar-refractivity contribution is -0.142. The van der Waals surface area contributed by atoms with Gasteiger partial charge in [0.2, 0.25) is 0 Å². The Labute approximate surface area is 443 Å². The lowest BCUT2D eigenvalue weighted by Gasteiger charge is -2.22. The first-order chi connectivity index (χ1) is 35.1. The van der Waals surface area contributed by atoms with Crippen molar-refractivity contribution in [2.75, 3.05) is 36.1 Å². The summed E-state index contributed by atoms with van der Waals surface area (Å²) in [4.78, 5) is 62.6. The monoisotopic (exact) mass is 1070 g/mol. The van der Waals surface area contributed by atoms with Gasteiger partial charge in [-0.05, 0) is 53.1 Å². The molecule has 6 aromatic carbocycles. The molecule has 0 unspecified atom stereocenters. The Bertz CT molecular complexity index is 2340. The first-order valence-electron chi connectivity index (χ1n) is 22.4. The number of thioether (sulfide) groups is 3. The first-order valence-corrected chi connectivity index (χ1v) is 26.4. The highest BCUT2D eigenvalue weighted by Gasteiger charge is 2.24. The predicted molar refractivity (Wildman–Crippen MR) is 287 cm³/mol. The van der Waals surface area contributed by atoms with Crippen molar-refractivity contribution >= 4 is 88.5 Å². The van der Waals surface area contributed by atoms with E-state index in [1.165, 1.54) is 42.4 Å². The number of ketones is 1. The number of rotatable bonds is 23. The smallest absolute Gasteiger partial charge is 0.408 e. The minimum Gasteiger partial charge on any atom is -0.467 e. The van der Waals surface area contributed by atoms with Gasteiger partial charge in [0, 0.05) is 31.9 Å². The minimum atomic E-state index is -0.841.